The molecule has 0 amide bonds. The number of carboxylic acids is 1. The lowest BCUT2D eigenvalue weighted by molar-refractivity contribution is -0.144. The van der Waals surface area contributed by atoms with E-state index in [2.05, 4.69) is 5.32 Å². The zero-order chi connectivity index (χ0) is 13.8. The van der Waals surface area contributed by atoms with Crippen LogP contribution in [0.1, 0.15) is 32.3 Å². The van der Waals surface area contributed by atoms with Crippen LogP contribution in [0, 0.1) is 5.82 Å². The van der Waals surface area contributed by atoms with Gasteiger partial charge in [-0.2, -0.15) is 0 Å². The molecule has 1 aromatic rings. The lowest BCUT2D eigenvalue weighted by Gasteiger charge is -2.26. The topological polar surface area (TPSA) is 49.3 Å². The lowest BCUT2D eigenvalue weighted by Crippen LogP contribution is -2.49. The Morgan fingerprint density at radius 2 is 2.22 bits per heavy atom. The van der Waals surface area contributed by atoms with Gasteiger partial charge in [0.2, 0.25) is 0 Å². The maximum atomic E-state index is 13.6. The number of rotatable bonds is 6. The standard InChI is InChI=1S/C13H17ClFNO2/c1-3-7-13(2,12(17)18)16-8-9-5-4-6-10(14)11(9)15/h4-6,16H,3,7-8H2,1-2H3,(H,17,18). The van der Waals surface area contributed by atoms with E-state index in [9.17, 15) is 14.3 Å². The maximum Gasteiger partial charge on any atom is 0.323 e. The minimum absolute atomic E-state index is 0.0434. The molecule has 100 valence electrons. The Morgan fingerprint density at radius 1 is 1.56 bits per heavy atom. The molecule has 0 fully saturated rings. The van der Waals surface area contributed by atoms with Crippen molar-refractivity contribution in [2.75, 3.05) is 0 Å². The van der Waals surface area contributed by atoms with E-state index >= 15 is 0 Å². The third-order valence-electron chi connectivity index (χ3n) is 2.92. The van der Waals surface area contributed by atoms with Crippen LogP contribution in [-0.2, 0) is 11.3 Å². The fraction of sp³-hybridized carbons (Fsp3) is 0.462. The summed E-state index contributed by atoms with van der Waals surface area (Å²) in [4.78, 5) is 11.2. The van der Waals surface area contributed by atoms with Crippen LogP contribution in [-0.4, -0.2) is 16.6 Å². The SMILES string of the molecule is CCCC(C)(NCc1cccc(Cl)c1F)C(=O)O. The van der Waals surface area contributed by atoms with Gasteiger partial charge in [0.15, 0.2) is 0 Å². The average molecular weight is 274 g/mol. The first kappa shape index (κ1) is 14.9. The zero-order valence-corrected chi connectivity index (χ0v) is 11.2. The fourth-order valence-electron chi connectivity index (χ4n) is 1.75. The number of carboxylic acid groups (broad SMARTS) is 1. The normalized spacial score (nSPS) is 14.2. The van der Waals surface area contributed by atoms with Crippen LogP contribution >= 0.6 is 11.6 Å². The Morgan fingerprint density at radius 3 is 2.78 bits per heavy atom. The van der Waals surface area contributed by atoms with E-state index < -0.39 is 17.3 Å². The van der Waals surface area contributed by atoms with Crippen molar-refractivity contribution in [1.29, 1.82) is 0 Å². The summed E-state index contributed by atoms with van der Waals surface area (Å²) in [6, 6.07) is 4.69. The molecule has 0 heterocycles. The molecule has 0 saturated carbocycles. The van der Waals surface area contributed by atoms with E-state index in [0.29, 0.717) is 12.0 Å². The van der Waals surface area contributed by atoms with Crippen molar-refractivity contribution in [3.8, 4) is 0 Å². The number of nitrogens with one attached hydrogen (secondary N) is 1. The number of hydrogen-bond acceptors (Lipinski definition) is 2. The third kappa shape index (κ3) is 3.43. The molecule has 5 heteroatoms. The highest BCUT2D eigenvalue weighted by atomic mass is 35.5. The van der Waals surface area contributed by atoms with Gasteiger partial charge in [-0.3, -0.25) is 10.1 Å². The largest absolute Gasteiger partial charge is 0.480 e. The third-order valence-corrected chi connectivity index (χ3v) is 3.21. The van der Waals surface area contributed by atoms with Crippen LogP contribution in [0.15, 0.2) is 18.2 Å². The van der Waals surface area contributed by atoms with Gasteiger partial charge in [-0.25, -0.2) is 4.39 Å². The molecular weight excluding hydrogens is 257 g/mol. The molecule has 0 aliphatic carbocycles. The molecule has 0 aliphatic rings. The van der Waals surface area contributed by atoms with Crippen molar-refractivity contribution in [1.82, 2.24) is 5.32 Å². The van der Waals surface area contributed by atoms with Gasteiger partial charge in [-0.05, 0) is 19.4 Å². The summed E-state index contributed by atoms with van der Waals surface area (Å²) in [5.41, 5.74) is -0.685. The van der Waals surface area contributed by atoms with Crippen molar-refractivity contribution in [2.24, 2.45) is 0 Å². The molecule has 2 N–H and O–H groups in total. The summed E-state index contributed by atoms with van der Waals surface area (Å²) in [6.45, 7) is 3.64. The van der Waals surface area contributed by atoms with Gasteiger partial charge < -0.3 is 5.11 Å². The Balaban J connectivity index is 2.79. The molecule has 0 radical (unpaired) electrons. The van der Waals surface area contributed by atoms with Crippen molar-refractivity contribution in [3.05, 3.63) is 34.6 Å². The zero-order valence-electron chi connectivity index (χ0n) is 10.5. The monoisotopic (exact) mass is 273 g/mol. The van der Waals surface area contributed by atoms with Crippen LogP contribution in [0.4, 0.5) is 4.39 Å². The summed E-state index contributed by atoms with van der Waals surface area (Å²) >= 11 is 5.67. The van der Waals surface area contributed by atoms with Crippen LogP contribution in [0.2, 0.25) is 5.02 Å². The van der Waals surface area contributed by atoms with E-state index in [0.717, 1.165) is 6.42 Å². The van der Waals surface area contributed by atoms with Crippen LogP contribution in [0.5, 0.6) is 0 Å². The molecule has 0 saturated heterocycles. The van der Waals surface area contributed by atoms with Crippen LogP contribution in [0.25, 0.3) is 0 Å². The highest BCUT2D eigenvalue weighted by molar-refractivity contribution is 6.30. The first-order chi connectivity index (χ1) is 8.40. The summed E-state index contributed by atoms with van der Waals surface area (Å²) in [5.74, 6) is -1.44. The van der Waals surface area contributed by atoms with E-state index in [-0.39, 0.29) is 11.6 Å². The highest BCUT2D eigenvalue weighted by Crippen LogP contribution is 2.19. The van der Waals surface area contributed by atoms with Crippen molar-refractivity contribution >= 4 is 17.6 Å². The molecule has 1 unspecified atom stereocenters. The summed E-state index contributed by atoms with van der Waals surface area (Å²) in [7, 11) is 0. The quantitative estimate of drug-likeness (QED) is 0.837. The van der Waals surface area contributed by atoms with E-state index in [4.69, 9.17) is 11.6 Å². The maximum absolute atomic E-state index is 13.6. The highest BCUT2D eigenvalue weighted by Gasteiger charge is 2.31. The van der Waals surface area contributed by atoms with Gasteiger partial charge in [0.05, 0.1) is 5.02 Å². The Bertz CT molecular complexity index is 439. The molecule has 18 heavy (non-hydrogen) atoms. The van der Waals surface area contributed by atoms with Crippen LogP contribution in [0.3, 0.4) is 0 Å². The summed E-state index contributed by atoms with van der Waals surface area (Å²) in [6.07, 6.45) is 1.21. The summed E-state index contributed by atoms with van der Waals surface area (Å²) in [5, 5.41) is 12.1. The van der Waals surface area contributed by atoms with E-state index in [1.54, 1.807) is 19.1 Å². The smallest absolute Gasteiger partial charge is 0.323 e. The molecule has 1 rings (SSSR count). The van der Waals surface area contributed by atoms with Gasteiger partial charge in [0.1, 0.15) is 11.4 Å². The molecule has 0 aromatic heterocycles. The number of hydrogen-bond donors (Lipinski definition) is 2. The van der Waals surface area contributed by atoms with Crippen molar-refractivity contribution in [3.63, 3.8) is 0 Å². The van der Waals surface area contributed by atoms with Crippen molar-refractivity contribution < 1.29 is 14.3 Å². The predicted octanol–water partition coefficient (Wildman–Crippen LogP) is 3.21. The second kappa shape index (κ2) is 6.16. The number of aliphatic carboxylic acids is 1. The molecule has 0 aliphatic heterocycles. The first-order valence-corrected chi connectivity index (χ1v) is 6.20. The number of carbonyl (C=O) groups is 1. The van der Waals surface area contributed by atoms with E-state index in [1.165, 1.54) is 6.07 Å². The van der Waals surface area contributed by atoms with Gasteiger partial charge in [-0.1, -0.05) is 37.1 Å². The van der Waals surface area contributed by atoms with Crippen LogP contribution < -0.4 is 5.32 Å². The number of benzene rings is 1. The van der Waals surface area contributed by atoms with Gasteiger partial charge in [0, 0.05) is 12.1 Å². The second-order valence-corrected chi connectivity index (χ2v) is 4.86. The van der Waals surface area contributed by atoms with Gasteiger partial charge >= 0.3 is 5.97 Å². The van der Waals surface area contributed by atoms with Gasteiger partial charge in [0.25, 0.3) is 0 Å². The molecule has 3 nitrogen and oxygen atoms in total. The second-order valence-electron chi connectivity index (χ2n) is 4.45. The van der Waals surface area contributed by atoms with Crippen molar-refractivity contribution in [2.45, 2.75) is 38.8 Å². The van der Waals surface area contributed by atoms with E-state index in [1.807, 2.05) is 6.92 Å². The summed E-state index contributed by atoms with van der Waals surface area (Å²) < 4.78 is 13.6. The minimum Gasteiger partial charge on any atom is -0.480 e. The molecule has 0 spiro atoms. The Kier molecular flexibility index (Phi) is 5.11. The first-order valence-electron chi connectivity index (χ1n) is 5.82. The predicted molar refractivity (Wildman–Crippen MR) is 69.2 cm³/mol. The molecule has 1 aromatic carbocycles. The molecule has 0 bridgehead atoms. The Labute approximate surface area is 111 Å². The van der Waals surface area contributed by atoms with Gasteiger partial charge in [-0.15, -0.1) is 0 Å². The molecular formula is C13H17ClFNO2. The molecule has 1 atom stereocenters. The Hall–Kier alpha value is -1.13. The minimum atomic E-state index is -1.05. The fourth-order valence-corrected chi connectivity index (χ4v) is 1.94. The number of halogens is 2. The average Bonchev–Trinajstić information content (AvgIpc) is 2.31. The lowest BCUT2D eigenvalue weighted by atomic mass is 9.96.